The van der Waals surface area contributed by atoms with Gasteiger partial charge in [-0.1, -0.05) is 36.4 Å². The first-order valence-corrected chi connectivity index (χ1v) is 5.54. The van der Waals surface area contributed by atoms with Gasteiger partial charge in [0.25, 0.3) is 0 Å². The Kier molecular flexibility index (Phi) is 2.18. The van der Waals surface area contributed by atoms with Crippen LogP contribution in [0.1, 0.15) is 24.5 Å². The topological polar surface area (TPSA) is 9.23 Å². The second kappa shape index (κ2) is 3.67. The van der Waals surface area contributed by atoms with E-state index in [1.807, 2.05) is 0 Å². The molecule has 15 heavy (non-hydrogen) atoms. The zero-order valence-corrected chi connectivity index (χ0v) is 8.65. The summed E-state index contributed by atoms with van der Waals surface area (Å²) in [6, 6.07) is 15.1. The highest BCUT2D eigenvalue weighted by Crippen LogP contribution is 2.30. The zero-order valence-electron chi connectivity index (χ0n) is 8.65. The van der Waals surface area contributed by atoms with Crippen molar-refractivity contribution >= 4 is 10.8 Å². The van der Waals surface area contributed by atoms with Gasteiger partial charge in [-0.3, -0.25) is 0 Å². The largest absolute Gasteiger partial charge is 0.374 e. The highest BCUT2D eigenvalue weighted by molar-refractivity contribution is 5.83. The van der Waals surface area contributed by atoms with E-state index >= 15 is 0 Å². The molecule has 1 heterocycles. The third kappa shape index (κ3) is 1.64. The van der Waals surface area contributed by atoms with Gasteiger partial charge in [-0.25, -0.2) is 0 Å². The van der Waals surface area contributed by atoms with E-state index in [9.17, 15) is 0 Å². The number of rotatable bonds is 1. The molecule has 3 rings (SSSR count). The fourth-order valence-electron chi connectivity index (χ4n) is 2.25. The fourth-order valence-corrected chi connectivity index (χ4v) is 2.25. The standard InChI is InChI=1S/C14H14O/c1-2-5-12-10-13(8-7-11(12)4-1)14-6-3-9-15-14/h1-2,4-5,7-8,10,14H,3,6,9H2/t14-/m0/s1. The van der Waals surface area contributed by atoms with E-state index in [0.717, 1.165) is 6.61 Å². The van der Waals surface area contributed by atoms with Crippen molar-refractivity contribution in [2.75, 3.05) is 6.61 Å². The highest BCUT2D eigenvalue weighted by Gasteiger charge is 2.17. The van der Waals surface area contributed by atoms with Crippen LogP contribution in [-0.4, -0.2) is 6.61 Å². The van der Waals surface area contributed by atoms with Gasteiger partial charge in [-0.05, 0) is 35.2 Å². The molecule has 76 valence electrons. The first kappa shape index (κ1) is 8.93. The van der Waals surface area contributed by atoms with Crippen LogP contribution in [0.25, 0.3) is 10.8 Å². The van der Waals surface area contributed by atoms with E-state index in [-0.39, 0.29) is 0 Å². The van der Waals surface area contributed by atoms with E-state index in [1.165, 1.54) is 29.2 Å². The Labute approximate surface area is 89.7 Å². The fraction of sp³-hybridized carbons (Fsp3) is 0.286. The van der Waals surface area contributed by atoms with E-state index in [0.29, 0.717) is 6.10 Å². The average Bonchev–Trinajstić information content (AvgIpc) is 2.82. The van der Waals surface area contributed by atoms with Gasteiger partial charge in [-0.15, -0.1) is 0 Å². The number of fused-ring (bicyclic) bond motifs is 1. The lowest BCUT2D eigenvalue weighted by Crippen LogP contribution is -1.94. The average molecular weight is 198 g/mol. The van der Waals surface area contributed by atoms with Crippen molar-refractivity contribution in [3.05, 3.63) is 48.0 Å². The van der Waals surface area contributed by atoms with Crippen LogP contribution < -0.4 is 0 Å². The summed E-state index contributed by atoms with van der Waals surface area (Å²) in [5.74, 6) is 0. The molecule has 1 heteroatoms. The van der Waals surface area contributed by atoms with Crippen molar-refractivity contribution in [2.24, 2.45) is 0 Å². The summed E-state index contributed by atoms with van der Waals surface area (Å²) in [6.07, 6.45) is 2.69. The van der Waals surface area contributed by atoms with Crippen LogP contribution in [0.3, 0.4) is 0 Å². The van der Waals surface area contributed by atoms with Gasteiger partial charge < -0.3 is 4.74 Å². The van der Waals surface area contributed by atoms with Gasteiger partial charge in [0.2, 0.25) is 0 Å². The second-order valence-corrected chi connectivity index (χ2v) is 4.11. The molecule has 0 saturated carbocycles. The van der Waals surface area contributed by atoms with Crippen molar-refractivity contribution in [2.45, 2.75) is 18.9 Å². The maximum absolute atomic E-state index is 5.69. The van der Waals surface area contributed by atoms with Gasteiger partial charge in [-0.2, -0.15) is 0 Å². The molecule has 0 bridgehead atoms. The van der Waals surface area contributed by atoms with Crippen LogP contribution in [0.2, 0.25) is 0 Å². The highest BCUT2D eigenvalue weighted by atomic mass is 16.5. The minimum Gasteiger partial charge on any atom is -0.374 e. The monoisotopic (exact) mass is 198 g/mol. The SMILES string of the molecule is c1ccc2cc([C@@H]3CCCO3)ccc2c1. The first-order chi connectivity index (χ1) is 7.43. The van der Waals surface area contributed by atoms with E-state index in [4.69, 9.17) is 4.74 Å². The van der Waals surface area contributed by atoms with Gasteiger partial charge in [0, 0.05) is 6.61 Å². The molecule has 1 nitrogen and oxygen atoms in total. The number of benzene rings is 2. The van der Waals surface area contributed by atoms with Crippen molar-refractivity contribution < 1.29 is 4.74 Å². The molecule has 1 atom stereocenters. The Morgan fingerprint density at radius 2 is 1.87 bits per heavy atom. The Hall–Kier alpha value is -1.34. The summed E-state index contributed by atoms with van der Waals surface area (Å²) in [5.41, 5.74) is 1.33. The Balaban J connectivity index is 2.05. The molecule has 1 fully saturated rings. The third-order valence-corrected chi connectivity index (χ3v) is 3.07. The van der Waals surface area contributed by atoms with E-state index in [2.05, 4.69) is 42.5 Å². The third-order valence-electron chi connectivity index (χ3n) is 3.07. The van der Waals surface area contributed by atoms with Gasteiger partial charge in [0.15, 0.2) is 0 Å². The Morgan fingerprint density at radius 1 is 1.00 bits per heavy atom. The molecule has 0 amide bonds. The minimum atomic E-state index is 0.328. The van der Waals surface area contributed by atoms with Crippen LogP contribution >= 0.6 is 0 Å². The predicted octanol–water partition coefficient (Wildman–Crippen LogP) is 3.69. The van der Waals surface area contributed by atoms with E-state index < -0.39 is 0 Å². The summed E-state index contributed by atoms with van der Waals surface area (Å²) in [4.78, 5) is 0. The van der Waals surface area contributed by atoms with Crippen LogP contribution in [-0.2, 0) is 4.74 Å². The number of ether oxygens (including phenoxy) is 1. The molecule has 1 aliphatic heterocycles. The van der Waals surface area contributed by atoms with Crippen molar-refractivity contribution in [1.82, 2.24) is 0 Å². The molecule has 0 radical (unpaired) electrons. The van der Waals surface area contributed by atoms with Crippen molar-refractivity contribution in [3.63, 3.8) is 0 Å². The first-order valence-electron chi connectivity index (χ1n) is 5.54. The van der Waals surface area contributed by atoms with E-state index in [1.54, 1.807) is 0 Å². The molecule has 0 aliphatic carbocycles. The Morgan fingerprint density at radius 3 is 2.67 bits per heavy atom. The molecule has 0 N–H and O–H groups in total. The van der Waals surface area contributed by atoms with Crippen LogP contribution in [0.15, 0.2) is 42.5 Å². The molecule has 1 saturated heterocycles. The van der Waals surface area contributed by atoms with Crippen molar-refractivity contribution in [1.29, 1.82) is 0 Å². The molecule has 2 aromatic rings. The quantitative estimate of drug-likeness (QED) is 0.679. The summed E-state index contributed by atoms with van der Waals surface area (Å²) in [7, 11) is 0. The van der Waals surface area contributed by atoms with Crippen LogP contribution in [0.4, 0.5) is 0 Å². The minimum absolute atomic E-state index is 0.328. The summed E-state index contributed by atoms with van der Waals surface area (Å²) in [5, 5.41) is 2.62. The van der Waals surface area contributed by atoms with Crippen molar-refractivity contribution in [3.8, 4) is 0 Å². The van der Waals surface area contributed by atoms with Gasteiger partial charge >= 0.3 is 0 Å². The molecular formula is C14H14O. The molecule has 1 aliphatic rings. The van der Waals surface area contributed by atoms with Gasteiger partial charge in [0.05, 0.1) is 6.10 Å². The zero-order chi connectivity index (χ0) is 10.1. The normalized spacial score (nSPS) is 20.9. The van der Waals surface area contributed by atoms with Crippen LogP contribution in [0.5, 0.6) is 0 Å². The maximum atomic E-state index is 5.69. The summed E-state index contributed by atoms with van der Waals surface area (Å²) >= 11 is 0. The predicted molar refractivity (Wildman–Crippen MR) is 61.9 cm³/mol. The number of hydrogen-bond donors (Lipinski definition) is 0. The summed E-state index contributed by atoms with van der Waals surface area (Å²) in [6.45, 7) is 0.914. The molecule has 0 unspecified atom stereocenters. The molecular weight excluding hydrogens is 184 g/mol. The van der Waals surface area contributed by atoms with Crippen LogP contribution in [0, 0.1) is 0 Å². The Bertz CT molecular complexity index is 469. The summed E-state index contributed by atoms with van der Waals surface area (Å²) < 4.78 is 5.69. The molecule has 0 aromatic heterocycles. The van der Waals surface area contributed by atoms with Gasteiger partial charge in [0.1, 0.15) is 0 Å². The lowest BCUT2D eigenvalue weighted by Gasteiger charge is -2.10. The molecule has 2 aromatic carbocycles. The lowest BCUT2D eigenvalue weighted by molar-refractivity contribution is 0.112. The smallest absolute Gasteiger partial charge is 0.0826 e. The molecule has 0 spiro atoms. The number of hydrogen-bond acceptors (Lipinski definition) is 1. The maximum Gasteiger partial charge on any atom is 0.0826 e. The second-order valence-electron chi connectivity index (χ2n) is 4.11. The lowest BCUT2D eigenvalue weighted by atomic mass is 10.0.